The molecular formula is C14H21N3O3. The Morgan fingerprint density at radius 3 is 2.50 bits per heavy atom. The zero-order valence-corrected chi connectivity index (χ0v) is 12.0. The zero-order chi connectivity index (χ0) is 14.5. The van der Waals surface area contributed by atoms with Crippen LogP contribution in [0.3, 0.4) is 0 Å². The zero-order valence-electron chi connectivity index (χ0n) is 12.0. The van der Waals surface area contributed by atoms with Crippen LogP contribution in [0.15, 0.2) is 11.0 Å². The summed E-state index contributed by atoms with van der Waals surface area (Å²) in [5, 5.41) is 21.9. The van der Waals surface area contributed by atoms with E-state index in [1.807, 2.05) is 19.0 Å². The number of fused-ring (bicyclic) bond motifs is 1. The highest BCUT2D eigenvalue weighted by Gasteiger charge is 2.49. The predicted molar refractivity (Wildman–Crippen MR) is 77.0 cm³/mol. The van der Waals surface area contributed by atoms with Crippen LogP contribution in [0, 0.1) is 0 Å². The standard InChI is InChI=1S/C14H21N3O3/c1-3-16-13-12(20)11(19)10(18)9-17(13)15(2)14(16)7-5-4-6-8-14/h9,18,20H,3-8H2,1-2H3. The summed E-state index contributed by atoms with van der Waals surface area (Å²) in [6.45, 7) is 2.73. The minimum atomic E-state index is -0.698. The molecule has 1 aromatic rings. The van der Waals surface area contributed by atoms with Crippen LogP contribution in [-0.2, 0) is 0 Å². The topological polar surface area (TPSA) is 68.9 Å². The fourth-order valence-corrected chi connectivity index (χ4v) is 3.78. The first-order chi connectivity index (χ1) is 9.53. The lowest BCUT2D eigenvalue weighted by Crippen LogP contribution is -2.58. The molecule has 6 nitrogen and oxygen atoms in total. The Hall–Kier alpha value is -1.85. The molecule has 1 spiro atoms. The minimum Gasteiger partial charge on any atom is -0.503 e. The van der Waals surface area contributed by atoms with Gasteiger partial charge >= 0.3 is 0 Å². The van der Waals surface area contributed by atoms with E-state index >= 15 is 0 Å². The molecule has 110 valence electrons. The van der Waals surface area contributed by atoms with Gasteiger partial charge in [-0.15, -0.1) is 0 Å². The van der Waals surface area contributed by atoms with Crippen molar-refractivity contribution in [1.29, 1.82) is 0 Å². The third kappa shape index (κ3) is 1.47. The SMILES string of the molecule is CCN1c2c(O)c(=O)c(O)cn2N(C)C12CCCCC2. The van der Waals surface area contributed by atoms with Gasteiger partial charge in [-0.2, -0.15) is 0 Å². The maximum Gasteiger partial charge on any atom is 0.267 e. The molecule has 3 rings (SSSR count). The highest BCUT2D eigenvalue weighted by molar-refractivity contribution is 5.62. The minimum absolute atomic E-state index is 0.197. The second-order valence-electron chi connectivity index (χ2n) is 5.67. The van der Waals surface area contributed by atoms with Gasteiger partial charge in [0, 0.05) is 13.6 Å². The molecular weight excluding hydrogens is 258 g/mol. The maximum atomic E-state index is 11.8. The molecule has 0 bridgehead atoms. The van der Waals surface area contributed by atoms with E-state index in [0.717, 1.165) is 25.7 Å². The van der Waals surface area contributed by atoms with E-state index in [0.29, 0.717) is 12.4 Å². The molecule has 1 fully saturated rings. The summed E-state index contributed by atoms with van der Waals surface area (Å²) in [6, 6.07) is 0. The average molecular weight is 279 g/mol. The number of anilines is 1. The Balaban J connectivity index is 2.21. The second-order valence-corrected chi connectivity index (χ2v) is 5.67. The van der Waals surface area contributed by atoms with Crippen molar-refractivity contribution in [2.75, 3.05) is 23.5 Å². The molecule has 20 heavy (non-hydrogen) atoms. The van der Waals surface area contributed by atoms with Crippen molar-refractivity contribution >= 4 is 5.82 Å². The quantitative estimate of drug-likeness (QED) is 0.811. The Morgan fingerprint density at radius 1 is 1.25 bits per heavy atom. The molecule has 0 aromatic carbocycles. The molecule has 1 aliphatic heterocycles. The first-order valence-electron chi connectivity index (χ1n) is 7.22. The van der Waals surface area contributed by atoms with Crippen LogP contribution in [-0.4, -0.2) is 34.1 Å². The maximum absolute atomic E-state index is 11.8. The molecule has 1 saturated carbocycles. The smallest absolute Gasteiger partial charge is 0.267 e. The third-order valence-corrected chi connectivity index (χ3v) is 4.78. The van der Waals surface area contributed by atoms with Crippen molar-refractivity contribution in [3.05, 3.63) is 16.4 Å². The van der Waals surface area contributed by atoms with E-state index in [1.165, 1.54) is 12.6 Å². The fourth-order valence-electron chi connectivity index (χ4n) is 3.78. The molecule has 2 N–H and O–H groups in total. The molecule has 6 heteroatoms. The molecule has 2 aliphatic rings. The summed E-state index contributed by atoms with van der Waals surface area (Å²) >= 11 is 0. The van der Waals surface area contributed by atoms with E-state index in [4.69, 9.17) is 0 Å². The molecule has 1 aromatic heterocycles. The Kier molecular flexibility index (Phi) is 2.84. The largest absolute Gasteiger partial charge is 0.503 e. The number of aromatic hydroxyl groups is 2. The number of hydrogen-bond acceptors (Lipinski definition) is 5. The number of aromatic nitrogens is 1. The first kappa shape index (κ1) is 13.1. The van der Waals surface area contributed by atoms with Crippen molar-refractivity contribution in [3.63, 3.8) is 0 Å². The van der Waals surface area contributed by atoms with Gasteiger partial charge in [0.05, 0.1) is 6.20 Å². The van der Waals surface area contributed by atoms with Crippen LogP contribution < -0.4 is 15.3 Å². The van der Waals surface area contributed by atoms with Crippen molar-refractivity contribution in [2.24, 2.45) is 0 Å². The summed E-state index contributed by atoms with van der Waals surface area (Å²) in [7, 11) is 1.95. The molecule has 0 amide bonds. The second kappa shape index (κ2) is 4.33. The first-order valence-corrected chi connectivity index (χ1v) is 7.22. The van der Waals surface area contributed by atoms with Crippen molar-refractivity contribution < 1.29 is 10.2 Å². The van der Waals surface area contributed by atoms with Crippen molar-refractivity contribution in [2.45, 2.75) is 44.7 Å². The molecule has 0 radical (unpaired) electrons. The molecule has 2 heterocycles. The summed E-state index contributed by atoms with van der Waals surface area (Å²) < 4.78 is 1.71. The van der Waals surface area contributed by atoms with Gasteiger partial charge in [0.1, 0.15) is 5.66 Å². The predicted octanol–water partition coefficient (Wildman–Crippen LogP) is 1.33. The van der Waals surface area contributed by atoms with Crippen LogP contribution >= 0.6 is 0 Å². The summed E-state index contributed by atoms with van der Waals surface area (Å²) in [4.78, 5) is 13.9. The highest BCUT2D eigenvalue weighted by Crippen LogP contribution is 2.45. The van der Waals surface area contributed by atoms with Crippen molar-refractivity contribution in [1.82, 2.24) is 4.68 Å². The molecule has 1 aliphatic carbocycles. The van der Waals surface area contributed by atoms with E-state index in [-0.39, 0.29) is 11.4 Å². The van der Waals surface area contributed by atoms with Gasteiger partial charge in [-0.3, -0.25) is 9.80 Å². The summed E-state index contributed by atoms with van der Waals surface area (Å²) in [6.07, 6.45) is 6.88. The van der Waals surface area contributed by atoms with Gasteiger partial charge in [-0.1, -0.05) is 6.42 Å². The summed E-state index contributed by atoms with van der Waals surface area (Å²) in [5.41, 5.74) is -0.895. The lowest BCUT2D eigenvalue weighted by Gasteiger charge is -2.45. The van der Waals surface area contributed by atoms with E-state index < -0.39 is 11.2 Å². The van der Waals surface area contributed by atoms with Gasteiger partial charge in [0.15, 0.2) is 11.6 Å². The van der Waals surface area contributed by atoms with Gasteiger partial charge < -0.3 is 15.1 Å². The van der Waals surface area contributed by atoms with E-state index in [9.17, 15) is 15.0 Å². The van der Waals surface area contributed by atoms with E-state index in [1.54, 1.807) is 4.68 Å². The third-order valence-electron chi connectivity index (χ3n) is 4.78. The lowest BCUT2D eigenvalue weighted by molar-refractivity contribution is 0.263. The average Bonchev–Trinajstić information content (AvgIpc) is 2.68. The highest BCUT2D eigenvalue weighted by atomic mass is 16.3. The monoisotopic (exact) mass is 279 g/mol. The fraction of sp³-hybridized carbons (Fsp3) is 0.643. The number of pyridine rings is 1. The van der Waals surface area contributed by atoms with Crippen LogP contribution in [0.2, 0.25) is 0 Å². The van der Waals surface area contributed by atoms with Crippen LogP contribution in [0.4, 0.5) is 5.82 Å². The van der Waals surface area contributed by atoms with Gasteiger partial charge in [0.2, 0.25) is 5.75 Å². The van der Waals surface area contributed by atoms with Crippen LogP contribution in [0.1, 0.15) is 39.0 Å². The number of nitrogens with zero attached hydrogens (tertiary/aromatic N) is 3. The molecule has 0 atom stereocenters. The summed E-state index contributed by atoms with van der Waals surface area (Å²) in [5.74, 6) is -0.275. The Labute approximate surface area is 117 Å². The molecule has 0 saturated heterocycles. The molecule has 0 unspecified atom stereocenters. The van der Waals surface area contributed by atoms with Crippen LogP contribution in [0.25, 0.3) is 0 Å². The lowest BCUT2D eigenvalue weighted by atomic mass is 9.87. The van der Waals surface area contributed by atoms with Crippen molar-refractivity contribution in [3.8, 4) is 11.5 Å². The number of hydrogen-bond donors (Lipinski definition) is 2. The normalized spacial score (nSPS) is 20.5. The number of rotatable bonds is 1. The van der Waals surface area contributed by atoms with Gasteiger partial charge in [-0.25, -0.2) is 4.68 Å². The van der Waals surface area contributed by atoms with Crippen LogP contribution in [0.5, 0.6) is 11.5 Å². The van der Waals surface area contributed by atoms with Gasteiger partial charge in [0.25, 0.3) is 5.43 Å². The Morgan fingerprint density at radius 2 is 1.90 bits per heavy atom. The van der Waals surface area contributed by atoms with E-state index in [2.05, 4.69) is 4.90 Å². The van der Waals surface area contributed by atoms with Gasteiger partial charge in [-0.05, 0) is 32.6 Å². The Bertz CT molecular complexity index is 590.